The molecule has 0 bridgehead atoms. The Morgan fingerprint density at radius 3 is 3.18 bits per heavy atom. The van der Waals surface area contributed by atoms with Crippen molar-refractivity contribution in [3.05, 3.63) is 24.5 Å². The zero-order valence-corrected chi connectivity index (χ0v) is 8.43. The molecule has 0 aromatic carbocycles. The largest absolute Gasteiger partial charge is 0.552 e. The molecule has 1 aliphatic carbocycles. The minimum absolute atomic E-state index is 0.320. The van der Waals surface area contributed by atoms with Gasteiger partial charge in [-0.3, -0.25) is 0 Å². The van der Waals surface area contributed by atoms with Crippen molar-refractivity contribution >= 4 is 9.76 Å². The maximum absolute atomic E-state index is 5.65. The molecule has 0 saturated heterocycles. The molecule has 0 heterocycles. The van der Waals surface area contributed by atoms with Crippen LogP contribution in [0, 0.1) is 0 Å². The van der Waals surface area contributed by atoms with Crippen LogP contribution >= 0.6 is 0 Å². The normalized spacial score (nSPS) is 18.4. The molecule has 0 atom stereocenters. The van der Waals surface area contributed by atoms with Crippen LogP contribution in [-0.4, -0.2) is 9.76 Å². The van der Waals surface area contributed by atoms with E-state index in [-0.39, 0.29) is 9.76 Å². The highest BCUT2D eigenvalue weighted by molar-refractivity contribution is 6.28. The molecule has 0 aliphatic heterocycles. The van der Waals surface area contributed by atoms with E-state index in [4.69, 9.17) is 4.43 Å². The monoisotopic (exact) mass is 168 g/mol. The number of allylic oxidation sites excluding steroid dienone is 3. The van der Waals surface area contributed by atoms with Crippen molar-refractivity contribution < 1.29 is 4.43 Å². The zero-order valence-electron chi connectivity index (χ0n) is 7.01. The van der Waals surface area contributed by atoms with Crippen LogP contribution in [0.2, 0.25) is 6.04 Å². The molecule has 0 spiro atoms. The summed E-state index contributed by atoms with van der Waals surface area (Å²) in [6.07, 6.45) is 9.25. The van der Waals surface area contributed by atoms with Crippen LogP contribution in [0.15, 0.2) is 24.5 Å². The fourth-order valence-corrected chi connectivity index (χ4v) is 2.02. The quantitative estimate of drug-likeness (QED) is 0.355. The van der Waals surface area contributed by atoms with Gasteiger partial charge in [0.15, 0.2) is 0 Å². The topological polar surface area (TPSA) is 9.23 Å². The molecule has 62 valence electrons. The summed E-state index contributed by atoms with van der Waals surface area (Å²) >= 11 is 0. The third-order valence-corrected chi connectivity index (χ3v) is 3.08. The van der Waals surface area contributed by atoms with E-state index in [0.717, 1.165) is 6.04 Å². The lowest BCUT2D eigenvalue weighted by Crippen LogP contribution is -2.00. The van der Waals surface area contributed by atoms with Gasteiger partial charge in [-0.2, -0.15) is 0 Å². The second-order valence-corrected chi connectivity index (χ2v) is 4.12. The smallest absolute Gasteiger partial charge is 0.222 e. The number of hydrogen-bond acceptors (Lipinski definition) is 1. The number of hydrogen-bond donors (Lipinski definition) is 0. The third-order valence-electron chi connectivity index (χ3n) is 1.86. The summed E-state index contributed by atoms with van der Waals surface area (Å²) < 4.78 is 5.65. The molecule has 0 amide bonds. The van der Waals surface area contributed by atoms with Crippen LogP contribution < -0.4 is 0 Å². The Labute approximate surface area is 71.1 Å². The Kier molecular flexibility index (Phi) is 4.05. The van der Waals surface area contributed by atoms with Gasteiger partial charge >= 0.3 is 0 Å². The van der Waals surface area contributed by atoms with Crippen molar-refractivity contribution in [2.45, 2.75) is 31.7 Å². The molecule has 11 heavy (non-hydrogen) atoms. The lowest BCUT2D eigenvalue weighted by atomic mass is 10.1. The second-order valence-electron chi connectivity index (χ2n) is 2.84. The van der Waals surface area contributed by atoms with E-state index in [1.807, 2.05) is 6.08 Å². The van der Waals surface area contributed by atoms with Crippen LogP contribution in [0.5, 0.6) is 0 Å². The van der Waals surface area contributed by atoms with Crippen LogP contribution in [0.25, 0.3) is 0 Å². The average Bonchev–Trinajstić information content (AvgIpc) is 2.07. The first kappa shape index (κ1) is 8.59. The minimum Gasteiger partial charge on any atom is -0.552 e. The summed E-state index contributed by atoms with van der Waals surface area (Å²) in [5.74, 6) is 1.25. The van der Waals surface area contributed by atoms with E-state index < -0.39 is 0 Å². The van der Waals surface area contributed by atoms with E-state index in [2.05, 4.69) is 12.7 Å². The Morgan fingerprint density at radius 2 is 2.55 bits per heavy atom. The Hall–Kier alpha value is -0.503. The van der Waals surface area contributed by atoms with Crippen molar-refractivity contribution in [3.8, 4) is 0 Å². The van der Waals surface area contributed by atoms with Crippen molar-refractivity contribution in [1.29, 1.82) is 0 Å². The van der Waals surface area contributed by atoms with Crippen LogP contribution in [-0.2, 0) is 4.43 Å². The van der Waals surface area contributed by atoms with Gasteiger partial charge in [0.25, 0.3) is 0 Å². The van der Waals surface area contributed by atoms with Gasteiger partial charge in [0.2, 0.25) is 9.76 Å². The van der Waals surface area contributed by atoms with E-state index >= 15 is 0 Å². The Bertz CT molecular complexity index is 152. The van der Waals surface area contributed by atoms with E-state index in [0.29, 0.717) is 0 Å². The molecule has 0 fully saturated rings. The SMILES string of the molecule is C=CC[SiH2]OC1=CCCCC1. The Morgan fingerprint density at radius 1 is 1.64 bits per heavy atom. The van der Waals surface area contributed by atoms with E-state index in [1.165, 1.54) is 31.4 Å². The van der Waals surface area contributed by atoms with Gasteiger partial charge in [-0.05, 0) is 31.4 Å². The molecule has 1 nitrogen and oxygen atoms in total. The first-order chi connectivity index (χ1) is 5.43. The maximum atomic E-state index is 5.65. The van der Waals surface area contributed by atoms with Gasteiger partial charge in [-0.1, -0.05) is 6.08 Å². The van der Waals surface area contributed by atoms with Gasteiger partial charge in [0.05, 0.1) is 5.76 Å². The zero-order chi connectivity index (χ0) is 7.94. The lowest BCUT2D eigenvalue weighted by molar-refractivity contribution is 0.405. The van der Waals surface area contributed by atoms with E-state index in [9.17, 15) is 0 Å². The van der Waals surface area contributed by atoms with Crippen molar-refractivity contribution in [2.24, 2.45) is 0 Å². The molecule has 0 N–H and O–H groups in total. The number of rotatable bonds is 4. The first-order valence-electron chi connectivity index (χ1n) is 4.36. The Balaban J connectivity index is 2.14. The van der Waals surface area contributed by atoms with E-state index in [1.54, 1.807) is 0 Å². The lowest BCUT2D eigenvalue weighted by Gasteiger charge is -2.13. The van der Waals surface area contributed by atoms with Crippen molar-refractivity contribution in [3.63, 3.8) is 0 Å². The average molecular weight is 168 g/mol. The molecule has 0 saturated carbocycles. The molecule has 0 radical (unpaired) electrons. The molecule has 0 aromatic rings. The molecule has 1 aliphatic rings. The maximum Gasteiger partial charge on any atom is 0.222 e. The molecule has 0 unspecified atom stereocenters. The highest BCUT2D eigenvalue weighted by atomic mass is 28.2. The van der Waals surface area contributed by atoms with Crippen LogP contribution in [0.3, 0.4) is 0 Å². The van der Waals surface area contributed by atoms with Crippen molar-refractivity contribution in [2.75, 3.05) is 0 Å². The molecule has 2 heteroatoms. The highest BCUT2D eigenvalue weighted by Gasteiger charge is 2.02. The third kappa shape index (κ3) is 3.42. The summed E-state index contributed by atoms with van der Waals surface area (Å²) in [6, 6.07) is 1.09. The summed E-state index contributed by atoms with van der Waals surface area (Å²) in [5.41, 5.74) is 0. The fourth-order valence-electron chi connectivity index (χ4n) is 1.21. The summed E-state index contributed by atoms with van der Waals surface area (Å²) in [7, 11) is -0.320. The van der Waals surface area contributed by atoms with Gasteiger partial charge < -0.3 is 4.43 Å². The standard InChI is InChI=1S/C9H16OSi/c1-2-8-11-10-9-6-4-3-5-7-9/h2,6H,1,3-5,7-8,11H2. The fraction of sp³-hybridized carbons (Fsp3) is 0.556. The summed E-state index contributed by atoms with van der Waals surface area (Å²) in [6.45, 7) is 3.68. The van der Waals surface area contributed by atoms with Crippen LogP contribution in [0.1, 0.15) is 25.7 Å². The van der Waals surface area contributed by atoms with Gasteiger partial charge in [-0.15, -0.1) is 6.58 Å². The molecule has 1 rings (SSSR count). The second kappa shape index (κ2) is 5.19. The molecular weight excluding hydrogens is 152 g/mol. The van der Waals surface area contributed by atoms with Gasteiger partial charge in [0.1, 0.15) is 0 Å². The summed E-state index contributed by atoms with van der Waals surface area (Å²) in [4.78, 5) is 0. The predicted molar refractivity (Wildman–Crippen MR) is 51.2 cm³/mol. The van der Waals surface area contributed by atoms with Crippen molar-refractivity contribution in [1.82, 2.24) is 0 Å². The molecule has 0 aromatic heterocycles. The highest BCUT2D eigenvalue weighted by Crippen LogP contribution is 2.17. The van der Waals surface area contributed by atoms with Gasteiger partial charge in [0, 0.05) is 6.42 Å². The predicted octanol–water partition coefficient (Wildman–Crippen LogP) is 2.15. The van der Waals surface area contributed by atoms with Crippen LogP contribution in [0.4, 0.5) is 0 Å². The molecular formula is C9H16OSi. The summed E-state index contributed by atoms with van der Waals surface area (Å²) in [5, 5.41) is 0. The first-order valence-corrected chi connectivity index (χ1v) is 5.94. The minimum atomic E-state index is -0.320. The van der Waals surface area contributed by atoms with Gasteiger partial charge in [-0.25, -0.2) is 0 Å².